The Morgan fingerprint density at radius 1 is 1.43 bits per heavy atom. The number of halogens is 3. The summed E-state index contributed by atoms with van der Waals surface area (Å²) in [6.07, 6.45) is 0. The van der Waals surface area contributed by atoms with Crippen LogP contribution in [0.15, 0.2) is 22.7 Å². The second kappa shape index (κ2) is 3.65. The van der Waals surface area contributed by atoms with Gasteiger partial charge in [0.2, 0.25) is 0 Å². The van der Waals surface area contributed by atoms with Gasteiger partial charge in [0.05, 0.1) is 5.56 Å². The number of hydrogen-bond acceptors (Lipinski definition) is 1. The fraction of sp³-hybridized carbons (Fsp3) is 0.222. The largest absolute Gasteiger partial charge is 0.478 e. The molecule has 0 aliphatic heterocycles. The predicted octanol–water partition coefficient (Wildman–Crippen LogP) is 3.26. The number of carbonyl (C=O) groups is 1. The normalized spacial score (nSPS) is 11.4. The maximum atomic E-state index is 12.9. The van der Waals surface area contributed by atoms with Crippen molar-refractivity contribution in [1.29, 1.82) is 0 Å². The third-order valence-electron chi connectivity index (χ3n) is 1.65. The van der Waals surface area contributed by atoms with Crippen LogP contribution in [-0.4, -0.2) is 11.1 Å². The molecule has 0 aliphatic carbocycles. The van der Waals surface area contributed by atoms with Crippen LogP contribution in [0.5, 0.6) is 0 Å². The van der Waals surface area contributed by atoms with Gasteiger partial charge in [-0.1, -0.05) is 15.9 Å². The lowest BCUT2D eigenvalue weighted by atomic mass is 10.1. The van der Waals surface area contributed by atoms with Crippen LogP contribution in [0.1, 0.15) is 22.8 Å². The van der Waals surface area contributed by atoms with Crippen LogP contribution in [0.3, 0.4) is 0 Å². The maximum absolute atomic E-state index is 12.9. The Morgan fingerprint density at radius 2 is 2.00 bits per heavy atom. The van der Waals surface area contributed by atoms with Crippen molar-refractivity contribution in [3.05, 3.63) is 33.8 Å². The first-order chi connectivity index (χ1) is 6.30. The maximum Gasteiger partial charge on any atom is 0.335 e. The minimum atomic E-state index is -3.03. The molecule has 0 atom stereocenters. The first kappa shape index (κ1) is 11.1. The van der Waals surface area contributed by atoms with Crippen LogP contribution in [0.4, 0.5) is 8.78 Å². The molecule has 0 bridgehead atoms. The molecular formula is C9H7BrF2O2. The second-order valence-corrected chi connectivity index (χ2v) is 3.84. The van der Waals surface area contributed by atoms with E-state index in [1.807, 2.05) is 0 Å². The number of carboxylic acids is 1. The molecule has 0 saturated carbocycles. The van der Waals surface area contributed by atoms with Gasteiger partial charge in [0.25, 0.3) is 5.92 Å². The van der Waals surface area contributed by atoms with Gasteiger partial charge in [0.15, 0.2) is 0 Å². The Balaban J connectivity index is 3.28. The van der Waals surface area contributed by atoms with E-state index in [4.69, 9.17) is 5.11 Å². The van der Waals surface area contributed by atoms with E-state index < -0.39 is 11.9 Å². The van der Waals surface area contributed by atoms with Crippen molar-refractivity contribution in [3.63, 3.8) is 0 Å². The summed E-state index contributed by atoms with van der Waals surface area (Å²) in [6.45, 7) is 0.723. The number of rotatable bonds is 2. The van der Waals surface area contributed by atoms with Crippen LogP contribution in [-0.2, 0) is 5.92 Å². The van der Waals surface area contributed by atoms with E-state index in [0.717, 1.165) is 13.0 Å². The van der Waals surface area contributed by atoms with E-state index in [0.29, 0.717) is 4.47 Å². The summed E-state index contributed by atoms with van der Waals surface area (Å²) >= 11 is 2.98. The molecule has 14 heavy (non-hydrogen) atoms. The quantitative estimate of drug-likeness (QED) is 0.891. The summed E-state index contributed by atoms with van der Waals surface area (Å²) in [5.74, 6) is -4.26. The average molecular weight is 265 g/mol. The zero-order valence-electron chi connectivity index (χ0n) is 7.22. The van der Waals surface area contributed by atoms with E-state index in [2.05, 4.69) is 15.9 Å². The van der Waals surface area contributed by atoms with Crippen LogP contribution < -0.4 is 0 Å². The number of alkyl halides is 2. The van der Waals surface area contributed by atoms with Crippen LogP contribution in [0.2, 0.25) is 0 Å². The predicted molar refractivity (Wildman–Crippen MR) is 50.7 cm³/mol. The van der Waals surface area contributed by atoms with Gasteiger partial charge < -0.3 is 5.11 Å². The monoisotopic (exact) mass is 264 g/mol. The Morgan fingerprint density at radius 3 is 2.43 bits per heavy atom. The molecule has 0 aromatic heterocycles. The van der Waals surface area contributed by atoms with E-state index in [1.54, 1.807) is 0 Å². The summed E-state index contributed by atoms with van der Waals surface area (Å²) in [6, 6.07) is 3.44. The Hall–Kier alpha value is -0.970. The number of benzene rings is 1. The minimum absolute atomic E-state index is 0.157. The third kappa shape index (κ3) is 2.51. The molecule has 0 heterocycles. The van der Waals surface area contributed by atoms with Crippen LogP contribution in [0, 0.1) is 0 Å². The Labute approximate surface area is 87.7 Å². The lowest BCUT2D eigenvalue weighted by Gasteiger charge is -2.11. The number of hydrogen-bond donors (Lipinski definition) is 1. The highest BCUT2D eigenvalue weighted by Crippen LogP contribution is 2.30. The topological polar surface area (TPSA) is 37.3 Å². The van der Waals surface area contributed by atoms with Gasteiger partial charge in [-0.05, 0) is 18.2 Å². The van der Waals surface area contributed by atoms with Gasteiger partial charge in [-0.3, -0.25) is 0 Å². The molecule has 0 fully saturated rings. The molecule has 76 valence electrons. The molecule has 0 spiro atoms. The average Bonchev–Trinajstić information content (AvgIpc) is 2.01. The van der Waals surface area contributed by atoms with Gasteiger partial charge in [-0.2, -0.15) is 0 Å². The zero-order valence-corrected chi connectivity index (χ0v) is 8.81. The van der Waals surface area contributed by atoms with Gasteiger partial charge in [-0.15, -0.1) is 0 Å². The fourth-order valence-electron chi connectivity index (χ4n) is 0.967. The molecule has 0 saturated heterocycles. The summed E-state index contributed by atoms with van der Waals surface area (Å²) in [4.78, 5) is 10.6. The highest BCUT2D eigenvalue weighted by atomic mass is 79.9. The molecule has 1 aromatic carbocycles. The van der Waals surface area contributed by atoms with Gasteiger partial charge in [-0.25, -0.2) is 13.6 Å². The van der Waals surface area contributed by atoms with Crippen molar-refractivity contribution in [2.24, 2.45) is 0 Å². The molecule has 2 nitrogen and oxygen atoms in total. The first-order valence-electron chi connectivity index (χ1n) is 3.73. The van der Waals surface area contributed by atoms with Crippen molar-refractivity contribution in [2.75, 3.05) is 0 Å². The minimum Gasteiger partial charge on any atom is -0.478 e. The van der Waals surface area contributed by atoms with E-state index in [-0.39, 0.29) is 11.1 Å². The SMILES string of the molecule is CC(F)(F)c1cc(Br)cc(C(=O)O)c1. The zero-order chi connectivity index (χ0) is 10.9. The smallest absolute Gasteiger partial charge is 0.335 e. The Bertz CT molecular complexity index is 372. The molecule has 0 amide bonds. The van der Waals surface area contributed by atoms with Gasteiger partial charge >= 0.3 is 5.97 Å². The molecule has 1 N–H and O–H groups in total. The van der Waals surface area contributed by atoms with Crippen molar-refractivity contribution in [3.8, 4) is 0 Å². The first-order valence-corrected chi connectivity index (χ1v) is 4.52. The van der Waals surface area contributed by atoms with Gasteiger partial charge in [0.1, 0.15) is 0 Å². The van der Waals surface area contributed by atoms with Crippen molar-refractivity contribution in [2.45, 2.75) is 12.8 Å². The molecule has 1 aromatic rings. The van der Waals surface area contributed by atoms with Crippen molar-refractivity contribution < 1.29 is 18.7 Å². The van der Waals surface area contributed by atoms with Crippen LogP contribution >= 0.6 is 15.9 Å². The second-order valence-electron chi connectivity index (χ2n) is 2.92. The molecule has 1 rings (SSSR count). The Kier molecular flexibility index (Phi) is 2.89. The molecule has 5 heteroatoms. The molecule has 0 unspecified atom stereocenters. The number of aromatic carboxylic acids is 1. The molecule has 0 aliphatic rings. The van der Waals surface area contributed by atoms with Gasteiger partial charge in [0, 0.05) is 17.0 Å². The highest BCUT2D eigenvalue weighted by Gasteiger charge is 2.25. The van der Waals surface area contributed by atoms with Crippen molar-refractivity contribution in [1.82, 2.24) is 0 Å². The molecular weight excluding hydrogens is 258 g/mol. The third-order valence-corrected chi connectivity index (χ3v) is 2.11. The highest BCUT2D eigenvalue weighted by molar-refractivity contribution is 9.10. The van der Waals surface area contributed by atoms with Crippen LogP contribution in [0.25, 0.3) is 0 Å². The number of carboxylic acid groups (broad SMARTS) is 1. The summed E-state index contributed by atoms with van der Waals surface area (Å²) in [5, 5.41) is 8.63. The lowest BCUT2D eigenvalue weighted by molar-refractivity contribution is 0.0173. The van der Waals surface area contributed by atoms with E-state index >= 15 is 0 Å². The standard InChI is InChI=1S/C9H7BrF2O2/c1-9(11,12)6-2-5(8(13)14)3-7(10)4-6/h2-4H,1H3,(H,13,14). The van der Waals surface area contributed by atoms with Crippen molar-refractivity contribution >= 4 is 21.9 Å². The fourth-order valence-corrected chi connectivity index (χ4v) is 1.46. The molecule has 0 radical (unpaired) electrons. The van der Waals surface area contributed by atoms with E-state index in [1.165, 1.54) is 12.1 Å². The summed E-state index contributed by atoms with van der Waals surface area (Å²) < 4.78 is 26.1. The van der Waals surface area contributed by atoms with E-state index in [9.17, 15) is 13.6 Å². The summed E-state index contributed by atoms with van der Waals surface area (Å²) in [5.41, 5.74) is -0.472. The summed E-state index contributed by atoms with van der Waals surface area (Å²) in [7, 11) is 0. The lowest BCUT2D eigenvalue weighted by Crippen LogP contribution is -2.09.